The third kappa shape index (κ3) is 3.22. The zero-order valence-corrected chi connectivity index (χ0v) is 11.3. The van der Waals surface area contributed by atoms with Crippen LogP contribution in [0.2, 0.25) is 5.02 Å². The molecule has 2 rings (SSSR count). The Bertz CT molecular complexity index is 411. The van der Waals surface area contributed by atoms with Crippen LogP contribution in [-0.4, -0.2) is 28.7 Å². The Balaban J connectivity index is 2.06. The highest BCUT2D eigenvalue weighted by Crippen LogP contribution is 2.26. The van der Waals surface area contributed by atoms with Gasteiger partial charge in [0.25, 0.3) is 0 Å². The molecule has 100 valence electrons. The topological polar surface area (TPSA) is 23.5 Å². The third-order valence-electron chi connectivity index (χ3n) is 3.52. The summed E-state index contributed by atoms with van der Waals surface area (Å²) in [5.74, 6) is -0.318. The van der Waals surface area contributed by atoms with Gasteiger partial charge in [0.15, 0.2) is 0 Å². The SMILES string of the molecule is CC(O)CC1CCCN1Cc1cccc(Cl)c1F. The molecule has 2 unspecified atom stereocenters. The zero-order chi connectivity index (χ0) is 13.1. The highest BCUT2D eigenvalue weighted by molar-refractivity contribution is 6.30. The summed E-state index contributed by atoms with van der Waals surface area (Å²) in [7, 11) is 0. The summed E-state index contributed by atoms with van der Waals surface area (Å²) >= 11 is 5.79. The molecular weight excluding hydrogens is 253 g/mol. The van der Waals surface area contributed by atoms with Crippen molar-refractivity contribution in [3.63, 3.8) is 0 Å². The lowest BCUT2D eigenvalue weighted by Gasteiger charge is -2.25. The normalized spacial score (nSPS) is 22.3. The molecule has 0 aliphatic carbocycles. The summed E-state index contributed by atoms with van der Waals surface area (Å²) in [5.41, 5.74) is 0.639. The smallest absolute Gasteiger partial charge is 0.146 e. The van der Waals surface area contributed by atoms with Crippen LogP contribution in [-0.2, 0) is 6.54 Å². The molecule has 1 aromatic rings. The Labute approximate surface area is 112 Å². The van der Waals surface area contributed by atoms with Gasteiger partial charge in [-0.2, -0.15) is 0 Å². The summed E-state index contributed by atoms with van der Waals surface area (Å²) in [6, 6.07) is 5.47. The molecule has 0 amide bonds. The minimum absolute atomic E-state index is 0.179. The second kappa shape index (κ2) is 6.00. The fourth-order valence-corrected chi connectivity index (χ4v) is 2.85. The number of aliphatic hydroxyl groups is 1. The molecule has 0 radical (unpaired) electrons. The van der Waals surface area contributed by atoms with Crippen molar-refractivity contribution in [1.29, 1.82) is 0 Å². The predicted octanol–water partition coefficient (Wildman–Crippen LogP) is 3.21. The first kappa shape index (κ1) is 13.8. The van der Waals surface area contributed by atoms with Crippen LogP contribution in [0, 0.1) is 5.82 Å². The van der Waals surface area contributed by atoms with Gasteiger partial charge in [0.05, 0.1) is 11.1 Å². The number of hydrogen-bond donors (Lipinski definition) is 1. The van der Waals surface area contributed by atoms with E-state index in [1.54, 1.807) is 25.1 Å². The molecule has 1 aromatic carbocycles. The van der Waals surface area contributed by atoms with Crippen molar-refractivity contribution in [2.75, 3.05) is 6.54 Å². The monoisotopic (exact) mass is 271 g/mol. The van der Waals surface area contributed by atoms with Crippen molar-refractivity contribution < 1.29 is 9.50 Å². The molecule has 1 fully saturated rings. The van der Waals surface area contributed by atoms with Crippen LogP contribution in [0.4, 0.5) is 4.39 Å². The minimum Gasteiger partial charge on any atom is -0.393 e. The molecule has 1 heterocycles. The van der Waals surface area contributed by atoms with Gasteiger partial charge in [-0.25, -0.2) is 4.39 Å². The van der Waals surface area contributed by atoms with Gasteiger partial charge in [-0.1, -0.05) is 23.7 Å². The van der Waals surface area contributed by atoms with Crippen molar-refractivity contribution in [3.8, 4) is 0 Å². The van der Waals surface area contributed by atoms with Crippen LogP contribution in [0.5, 0.6) is 0 Å². The highest BCUT2D eigenvalue weighted by Gasteiger charge is 2.26. The Morgan fingerprint density at radius 3 is 3.06 bits per heavy atom. The Morgan fingerprint density at radius 2 is 2.33 bits per heavy atom. The zero-order valence-electron chi connectivity index (χ0n) is 10.6. The van der Waals surface area contributed by atoms with Gasteiger partial charge in [0, 0.05) is 18.2 Å². The first-order valence-corrected chi connectivity index (χ1v) is 6.80. The molecular formula is C14H19ClFNO. The summed E-state index contributed by atoms with van der Waals surface area (Å²) < 4.78 is 13.8. The van der Waals surface area contributed by atoms with Crippen molar-refractivity contribution in [1.82, 2.24) is 4.90 Å². The number of aliphatic hydroxyl groups excluding tert-OH is 1. The van der Waals surface area contributed by atoms with Gasteiger partial charge in [-0.15, -0.1) is 0 Å². The maximum atomic E-state index is 13.8. The average Bonchev–Trinajstić information content (AvgIpc) is 2.72. The fourth-order valence-electron chi connectivity index (χ4n) is 2.65. The maximum absolute atomic E-state index is 13.8. The van der Waals surface area contributed by atoms with Gasteiger partial charge in [-0.05, 0) is 38.8 Å². The average molecular weight is 272 g/mol. The van der Waals surface area contributed by atoms with Crippen LogP contribution in [0.3, 0.4) is 0 Å². The Morgan fingerprint density at radius 1 is 1.56 bits per heavy atom. The van der Waals surface area contributed by atoms with E-state index < -0.39 is 0 Å². The van der Waals surface area contributed by atoms with Gasteiger partial charge < -0.3 is 5.11 Å². The molecule has 4 heteroatoms. The first-order chi connectivity index (χ1) is 8.58. The number of halogens is 2. The van der Waals surface area contributed by atoms with E-state index in [0.717, 1.165) is 25.8 Å². The summed E-state index contributed by atoms with van der Waals surface area (Å²) in [6.45, 7) is 3.34. The van der Waals surface area contributed by atoms with E-state index in [4.69, 9.17) is 11.6 Å². The van der Waals surface area contributed by atoms with Crippen LogP contribution < -0.4 is 0 Å². The van der Waals surface area contributed by atoms with E-state index >= 15 is 0 Å². The van der Waals surface area contributed by atoms with Gasteiger partial charge in [0.1, 0.15) is 5.82 Å². The third-order valence-corrected chi connectivity index (χ3v) is 3.81. The number of benzene rings is 1. The minimum atomic E-state index is -0.318. The molecule has 0 bridgehead atoms. The lowest BCUT2D eigenvalue weighted by Crippen LogP contribution is -2.31. The quantitative estimate of drug-likeness (QED) is 0.909. The van der Waals surface area contributed by atoms with Gasteiger partial charge >= 0.3 is 0 Å². The number of likely N-dealkylation sites (tertiary alicyclic amines) is 1. The van der Waals surface area contributed by atoms with Crippen molar-refractivity contribution in [2.24, 2.45) is 0 Å². The van der Waals surface area contributed by atoms with E-state index in [1.807, 2.05) is 0 Å². The van der Waals surface area contributed by atoms with Crippen molar-refractivity contribution >= 4 is 11.6 Å². The molecule has 1 N–H and O–H groups in total. The number of hydrogen-bond acceptors (Lipinski definition) is 2. The lowest BCUT2D eigenvalue weighted by atomic mass is 10.1. The molecule has 1 aliphatic rings. The molecule has 2 atom stereocenters. The van der Waals surface area contributed by atoms with Crippen LogP contribution in [0.25, 0.3) is 0 Å². The largest absolute Gasteiger partial charge is 0.393 e. The van der Waals surface area contributed by atoms with E-state index in [-0.39, 0.29) is 16.9 Å². The molecule has 0 spiro atoms. The molecule has 2 nitrogen and oxygen atoms in total. The summed E-state index contributed by atoms with van der Waals surface area (Å²) in [4.78, 5) is 2.24. The van der Waals surface area contributed by atoms with Crippen LogP contribution in [0.15, 0.2) is 18.2 Å². The highest BCUT2D eigenvalue weighted by atomic mass is 35.5. The summed E-state index contributed by atoms with van der Waals surface area (Å²) in [5, 5.41) is 9.65. The lowest BCUT2D eigenvalue weighted by molar-refractivity contribution is 0.130. The van der Waals surface area contributed by atoms with E-state index in [9.17, 15) is 9.50 Å². The second-order valence-electron chi connectivity index (χ2n) is 5.06. The molecule has 18 heavy (non-hydrogen) atoms. The molecule has 1 aliphatic heterocycles. The second-order valence-corrected chi connectivity index (χ2v) is 5.47. The molecule has 1 saturated heterocycles. The van der Waals surface area contributed by atoms with Crippen molar-refractivity contribution in [2.45, 2.75) is 44.9 Å². The van der Waals surface area contributed by atoms with Gasteiger partial charge in [0.2, 0.25) is 0 Å². The number of nitrogens with zero attached hydrogens (tertiary/aromatic N) is 1. The number of rotatable bonds is 4. The standard InChI is InChI=1S/C14H19ClFNO/c1-10(18)8-12-5-3-7-17(12)9-11-4-2-6-13(15)14(11)16/h2,4,6,10,12,18H,3,5,7-9H2,1H3. The van der Waals surface area contributed by atoms with Crippen molar-refractivity contribution in [3.05, 3.63) is 34.6 Å². The molecule has 0 saturated carbocycles. The Kier molecular flexibility index (Phi) is 4.60. The molecule has 0 aromatic heterocycles. The summed E-state index contributed by atoms with van der Waals surface area (Å²) in [6.07, 6.45) is 2.63. The van der Waals surface area contributed by atoms with E-state index in [1.165, 1.54) is 0 Å². The fraction of sp³-hybridized carbons (Fsp3) is 0.571. The van der Waals surface area contributed by atoms with Gasteiger partial charge in [-0.3, -0.25) is 4.90 Å². The maximum Gasteiger partial charge on any atom is 0.146 e. The van der Waals surface area contributed by atoms with Crippen LogP contribution >= 0.6 is 11.6 Å². The first-order valence-electron chi connectivity index (χ1n) is 6.43. The van der Waals surface area contributed by atoms with E-state index in [0.29, 0.717) is 18.2 Å². The van der Waals surface area contributed by atoms with Crippen LogP contribution in [0.1, 0.15) is 31.7 Å². The Hall–Kier alpha value is -0.640. The van der Waals surface area contributed by atoms with E-state index in [2.05, 4.69) is 4.90 Å². The predicted molar refractivity (Wildman–Crippen MR) is 71.1 cm³/mol.